The zero-order chi connectivity index (χ0) is 13.1. The lowest BCUT2D eigenvalue weighted by Gasteiger charge is -2.13. The number of carboxylic acids is 1. The number of aromatic carboxylic acids is 1. The van der Waals surface area contributed by atoms with E-state index in [1.165, 1.54) is 11.3 Å². The Morgan fingerprint density at radius 3 is 3.00 bits per heavy atom. The summed E-state index contributed by atoms with van der Waals surface area (Å²) in [6, 6.07) is 0. The van der Waals surface area contributed by atoms with Crippen LogP contribution in [0.5, 0.6) is 0 Å². The van der Waals surface area contributed by atoms with Gasteiger partial charge in [-0.3, -0.25) is 0 Å². The van der Waals surface area contributed by atoms with Crippen molar-refractivity contribution in [2.45, 2.75) is 32.3 Å². The van der Waals surface area contributed by atoms with Gasteiger partial charge in [0.1, 0.15) is 4.88 Å². The number of aryl methyl sites for hydroxylation is 1. The van der Waals surface area contributed by atoms with Crippen molar-refractivity contribution < 1.29 is 14.6 Å². The van der Waals surface area contributed by atoms with Crippen molar-refractivity contribution in [3.63, 3.8) is 0 Å². The summed E-state index contributed by atoms with van der Waals surface area (Å²) >= 11 is 1.28. The van der Waals surface area contributed by atoms with Gasteiger partial charge in [-0.2, -0.15) is 0 Å². The van der Waals surface area contributed by atoms with Crippen LogP contribution in [-0.2, 0) is 11.2 Å². The Balaban J connectivity index is 2.19. The van der Waals surface area contributed by atoms with Crippen LogP contribution in [0.25, 0.3) is 0 Å². The predicted octanol–water partition coefficient (Wildman–Crippen LogP) is 2.02. The molecule has 1 aromatic heterocycles. The van der Waals surface area contributed by atoms with Crippen molar-refractivity contribution in [3.05, 3.63) is 10.6 Å². The number of carbonyl (C=O) groups is 1. The summed E-state index contributed by atoms with van der Waals surface area (Å²) in [6.45, 7) is 3.72. The van der Waals surface area contributed by atoms with Crippen molar-refractivity contribution in [3.8, 4) is 0 Å². The lowest BCUT2D eigenvalue weighted by Crippen LogP contribution is -2.21. The Hall–Kier alpha value is -1.14. The van der Waals surface area contributed by atoms with Crippen LogP contribution in [0.3, 0.4) is 0 Å². The molecule has 0 spiro atoms. The van der Waals surface area contributed by atoms with Crippen LogP contribution in [0.1, 0.15) is 35.1 Å². The molecule has 5 nitrogen and oxygen atoms in total. The molecule has 0 saturated carbocycles. The fourth-order valence-corrected chi connectivity index (χ4v) is 3.13. The summed E-state index contributed by atoms with van der Waals surface area (Å²) in [5.74, 6) is -0.871. The van der Waals surface area contributed by atoms with Gasteiger partial charge in [0, 0.05) is 20.2 Å². The largest absolute Gasteiger partial charge is 0.477 e. The molecule has 1 saturated heterocycles. The van der Waals surface area contributed by atoms with Crippen molar-refractivity contribution in [1.29, 1.82) is 0 Å². The first-order valence-corrected chi connectivity index (χ1v) is 6.98. The first kappa shape index (κ1) is 13.3. The Labute approximate surface area is 110 Å². The van der Waals surface area contributed by atoms with Crippen molar-refractivity contribution in [2.24, 2.45) is 0 Å². The molecule has 0 radical (unpaired) electrons. The number of hydrogen-bond donors (Lipinski definition) is 1. The molecule has 6 heteroatoms. The number of anilines is 1. The number of thiazole rings is 1. The molecular weight excluding hydrogens is 252 g/mol. The summed E-state index contributed by atoms with van der Waals surface area (Å²) < 4.78 is 5.31. The van der Waals surface area contributed by atoms with Gasteiger partial charge in [-0.1, -0.05) is 24.7 Å². The second-order valence-corrected chi connectivity index (χ2v) is 5.40. The maximum atomic E-state index is 11.2. The highest BCUT2D eigenvalue weighted by molar-refractivity contribution is 7.17. The van der Waals surface area contributed by atoms with E-state index in [4.69, 9.17) is 4.74 Å². The number of hydrogen-bond acceptors (Lipinski definition) is 5. The summed E-state index contributed by atoms with van der Waals surface area (Å²) in [6.07, 6.45) is 2.84. The third kappa shape index (κ3) is 2.64. The van der Waals surface area contributed by atoms with E-state index in [2.05, 4.69) is 9.88 Å². The SMILES string of the molecule is CCCc1nc(N2CCC(OC)C2)sc1C(=O)O. The minimum absolute atomic E-state index is 0.233. The first-order chi connectivity index (χ1) is 8.65. The van der Waals surface area contributed by atoms with Crippen LogP contribution in [0.2, 0.25) is 0 Å². The van der Waals surface area contributed by atoms with Gasteiger partial charge in [-0.25, -0.2) is 9.78 Å². The van der Waals surface area contributed by atoms with Gasteiger partial charge in [-0.15, -0.1) is 0 Å². The maximum absolute atomic E-state index is 11.2. The lowest BCUT2D eigenvalue weighted by molar-refractivity contribution is 0.0700. The number of carboxylic acid groups (broad SMARTS) is 1. The van der Waals surface area contributed by atoms with Gasteiger partial charge in [-0.05, 0) is 12.8 Å². The minimum Gasteiger partial charge on any atom is -0.477 e. The molecule has 0 amide bonds. The molecule has 1 aromatic rings. The van der Waals surface area contributed by atoms with Crippen LogP contribution in [-0.4, -0.2) is 42.4 Å². The van der Waals surface area contributed by atoms with E-state index in [1.807, 2.05) is 6.92 Å². The average molecular weight is 270 g/mol. The molecule has 2 heterocycles. The Bertz CT molecular complexity index is 433. The molecule has 100 valence electrons. The Kier molecular flexibility index (Phi) is 4.19. The molecule has 0 aliphatic carbocycles. The van der Waals surface area contributed by atoms with Gasteiger partial charge in [0.25, 0.3) is 0 Å². The average Bonchev–Trinajstić information content (AvgIpc) is 2.94. The second kappa shape index (κ2) is 5.67. The molecule has 1 aliphatic heterocycles. The summed E-state index contributed by atoms with van der Waals surface area (Å²) in [5.41, 5.74) is 0.714. The predicted molar refractivity (Wildman–Crippen MR) is 70.7 cm³/mol. The van der Waals surface area contributed by atoms with Gasteiger partial charge in [0.05, 0.1) is 11.8 Å². The molecule has 1 unspecified atom stereocenters. The second-order valence-electron chi connectivity index (χ2n) is 4.42. The molecule has 1 atom stereocenters. The summed E-state index contributed by atoms with van der Waals surface area (Å²) in [5, 5.41) is 9.99. The number of aromatic nitrogens is 1. The highest BCUT2D eigenvalue weighted by atomic mass is 32.1. The van der Waals surface area contributed by atoms with Crippen molar-refractivity contribution in [2.75, 3.05) is 25.1 Å². The normalized spacial score (nSPS) is 19.4. The molecule has 0 bridgehead atoms. The number of ether oxygens (including phenoxy) is 1. The third-order valence-electron chi connectivity index (χ3n) is 3.12. The van der Waals surface area contributed by atoms with Crippen molar-refractivity contribution in [1.82, 2.24) is 4.98 Å². The Morgan fingerprint density at radius 2 is 2.44 bits per heavy atom. The number of nitrogens with zero attached hydrogens (tertiary/aromatic N) is 2. The van der Waals surface area contributed by atoms with Crippen LogP contribution in [0, 0.1) is 0 Å². The van der Waals surface area contributed by atoms with E-state index in [0.717, 1.165) is 37.5 Å². The van der Waals surface area contributed by atoms with E-state index in [-0.39, 0.29) is 6.10 Å². The van der Waals surface area contributed by atoms with Crippen LogP contribution >= 0.6 is 11.3 Å². The highest BCUT2D eigenvalue weighted by Gasteiger charge is 2.26. The molecule has 1 fully saturated rings. The van der Waals surface area contributed by atoms with Gasteiger partial charge < -0.3 is 14.7 Å². The van der Waals surface area contributed by atoms with Gasteiger partial charge in [0.2, 0.25) is 0 Å². The summed E-state index contributed by atoms with van der Waals surface area (Å²) in [4.78, 5) is 18.2. The standard InChI is InChI=1S/C12H18N2O3S/c1-3-4-9-10(11(15)16)18-12(13-9)14-6-5-8(7-14)17-2/h8H,3-7H2,1-2H3,(H,15,16). The molecule has 0 aromatic carbocycles. The van der Waals surface area contributed by atoms with E-state index < -0.39 is 5.97 Å². The molecule has 18 heavy (non-hydrogen) atoms. The maximum Gasteiger partial charge on any atom is 0.347 e. The highest BCUT2D eigenvalue weighted by Crippen LogP contribution is 2.30. The molecule has 1 N–H and O–H groups in total. The smallest absolute Gasteiger partial charge is 0.347 e. The third-order valence-corrected chi connectivity index (χ3v) is 4.26. The fraction of sp³-hybridized carbons (Fsp3) is 0.667. The zero-order valence-corrected chi connectivity index (χ0v) is 11.5. The van der Waals surface area contributed by atoms with Crippen LogP contribution in [0.4, 0.5) is 5.13 Å². The van der Waals surface area contributed by atoms with Crippen LogP contribution < -0.4 is 4.90 Å². The molecule has 2 rings (SSSR count). The quantitative estimate of drug-likeness (QED) is 0.887. The number of methoxy groups -OCH3 is 1. The monoisotopic (exact) mass is 270 g/mol. The minimum atomic E-state index is -0.871. The van der Waals surface area contributed by atoms with Crippen LogP contribution in [0.15, 0.2) is 0 Å². The Morgan fingerprint density at radius 1 is 1.67 bits per heavy atom. The summed E-state index contributed by atoms with van der Waals surface area (Å²) in [7, 11) is 1.71. The van der Waals surface area contributed by atoms with Gasteiger partial charge in [0.15, 0.2) is 5.13 Å². The lowest BCUT2D eigenvalue weighted by atomic mass is 10.2. The fourth-order valence-electron chi connectivity index (χ4n) is 2.14. The van der Waals surface area contributed by atoms with E-state index in [0.29, 0.717) is 10.6 Å². The first-order valence-electron chi connectivity index (χ1n) is 6.16. The van der Waals surface area contributed by atoms with Gasteiger partial charge >= 0.3 is 5.97 Å². The van der Waals surface area contributed by atoms with E-state index in [1.54, 1.807) is 7.11 Å². The topological polar surface area (TPSA) is 62.7 Å². The number of rotatable bonds is 5. The van der Waals surface area contributed by atoms with E-state index in [9.17, 15) is 9.90 Å². The molecular formula is C12H18N2O3S. The molecule has 1 aliphatic rings. The van der Waals surface area contributed by atoms with Crippen molar-refractivity contribution >= 4 is 22.4 Å². The zero-order valence-electron chi connectivity index (χ0n) is 10.7. The van der Waals surface area contributed by atoms with E-state index >= 15 is 0 Å².